The van der Waals surface area contributed by atoms with E-state index in [1.807, 2.05) is 0 Å². The van der Waals surface area contributed by atoms with E-state index in [1.165, 1.54) is 6.07 Å². The van der Waals surface area contributed by atoms with E-state index >= 15 is 0 Å². The topological polar surface area (TPSA) is 222 Å². The van der Waals surface area contributed by atoms with Crippen molar-refractivity contribution in [2.45, 2.75) is 9.79 Å². The van der Waals surface area contributed by atoms with Gasteiger partial charge in [-0.05, 0) is 24.3 Å². The number of azo groups is 1. The maximum Gasteiger partial charge on any atom is 0.298 e. The summed E-state index contributed by atoms with van der Waals surface area (Å²) < 4.78 is 63.2. The molecule has 0 saturated carbocycles. The minimum absolute atomic E-state index is 0.218. The maximum atomic E-state index is 11.3. The number of hydrazone groups is 1. The first-order valence-corrected chi connectivity index (χ1v) is 11.0. The van der Waals surface area contributed by atoms with Gasteiger partial charge in [-0.1, -0.05) is 23.2 Å². The summed E-state index contributed by atoms with van der Waals surface area (Å²) in [5, 5.41) is 38.6. The van der Waals surface area contributed by atoms with Gasteiger partial charge in [-0.25, -0.2) is 0 Å². The van der Waals surface area contributed by atoms with Crippen LogP contribution in [0.15, 0.2) is 49.4 Å². The molecule has 5 N–H and O–H groups in total. The van der Waals surface area contributed by atoms with Crippen LogP contribution < -0.4 is 5.43 Å². The molecule has 0 heterocycles. The Hall–Kier alpha value is -3.00. The SMILES string of the molecule is N#C/C(N=Nc1cc(Cl)cc(S(=O)(=O)O)c1O)=N\Nc1cc(Cl)cc(S(=O)(=O)O)c1O. The smallest absolute Gasteiger partial charge is 0.298 e. The summed E-state index contributed by atoms with van der Waals surface area (Å²) in [5.74, 6) is -2.72. The monoisotopic (exact) mass is 509 g/mol. The molecule has 0 aliphatic heterocycles. The van der Waals surface area contributed by atoms with Gasteiger partial charge in [-0.3, -0.25) is 14.5 Å². The molecular weight excluding hydrogens is 501 g/mol. The molecule has 0 aliphatic rings. The highest BCUT2D eigenvalue weighted by atomic mass is 35.5. The van der Waals surface area contributed by atoms with E-state index in [2.05, 4.69) is 20.8 Å². The number of aromatic hydroxyl groups is 2. The predicted octanol–water partition coefficient (Wildman–Crippen LogP) is 2.93. The second-order valence-corrected chi connectivity index (χ2v) is 9.03. The minimum Gasteiger partial charge on any atom is -0.504 e. The second kappa shape index (κ2) is 9.01. The fourth-order valence-electron chi connectivity index (χ4n) is 1.97. The lowest BCUT2D eigenvalue weighted by Crippen LogP contribution is -2.02. The Morgan fingerprint density at radius 1 is 0.935 bits per heavy atom. The fraction of sp³-hybridized carbons (Fsp3) is 0. The van der Waals surface area contributed by atoms with Crippen molar-refractivity contribution in [3.05, 3.63) is 34.3 Å². The van der Waals surface area contributed by atoms with Crippen molar-refractivity contribution >= 4 is 60.6 Å². The fourth-order valence-corrected chi connectivity index (χ4v) is 3.79. The summed E-state index contributed by atoms with van der Waals surface area (Å²) in [5.41, 5.74) is 1.12. The predicted molar refractivity (Wildman–Crippen MR) is 107 cm³/mol. The van der Waals surface area contributed by atoms with E-state index in [4.69, 9.17) is 37.6 Å². The third-order valence-electron chi connectivity index (χ3n) is 3.25. The Balaban J connectivity index is 2.42. The molecule has 0 unspecified atom stereocenters. The quantitative estimate of drug-likeness (QED) is 0.0987. The van der Waals surface area contributed by atoms with Gasteiger partial charge in [0.1, 0.15) is 27.2 Å². The van der Waals surface area contributed by atoms with Gasteiger partial charge in [-0.15, -0.1) is 15.3 Å². The third-order valence-corrected chi connectivity index (χ3v) is 5.42. The summed E-state index contributed by atoms with van der Waals surface area (Å²) in [7, 11) is -9.68. The molecule has 13 nitrogen and oxygen atoms in total. The molecule has 31 heavy (non-hydrogen) atoms. The van der Waals surface area contributed by atoms with Crippen molar-refractivity contribution < 1.29 is 36.2 Å². The molecule has 0 atom stereocenters. The lowest BCUT2D eigenvalue weighted by atomic mass is 10.3. The molecule has 0 aliphatic carbocycles. The van der Waals surface area contributed by atoms with Gasteiger partial charge in [-0.2, -0.15) is 22.1 Å². The average molecular weight is 510 g/mol. The Labute approximate surface area is 184 Å². The van der Waals surface area contributed by atoms with E-state index in [-0.39, 0.29) is 10.0 Å². The third kappa shape index (κ3) is 6.01. The Bertz CT molecular complexity index is 1370. The Morgan fingerprint density at radius 3 is 1.97 bits per heavy atom. The molecule has 0 saturated heterocycles. The average Bonchev–Trinajstić information content (AvgIpc) is 2.64. The highest BCUT2D eigenvalue weighted by Gasteiger charge is 2.21. The van der Waals surface area contributed by atoms with Gasteiger partial charge in [0, 0.05) is 10.0 Å². The lowest BCUT2D eigenvalue weighted by molar-refractivity contribution is 0.442. The number of amidine groups is 1. The van der Waals surface area contributed by atoms with Crippen LogP contribution in [-0.2, 0) is 20.2 Å². The molecule has 0 fully saturated rings. The maximum absolute atomic E-state index is 11.3. The number of anilines is 1. The number of halogens is 2. The van der Waals surface area contributed by atoms with Crippen LogP contribution >= 0.6 is 23.2 Å². The van der Waals surface area contributed by atoms with Crippen molar-refractivity contribution in [1.82, 2.24) is 0 Å². The van der Waals surface area contributed by atoms with Crippen molar-refractivity contribution in [1.29, 1.82) is 5.26 Å². The molecule has 2 aromatic rings. The van der Waals surface area contributed by atoms with E-state index in [1.54, 1.807) is 0 Å². The van der Waals surface area contributed by atoms with Crippen LogP contribution in [0.1, 0.15) is 0 Å². The molecule has 0 amide bonds. The zero-order chi connectivity index (χ0) is 23.6. The van der Waals surface area contributed by atoms with E-state index in [9.17, 15) is 27.0 Å². The first kappa shape index (κ1) is 24.3. The summed E-state index contributed by atoms with van der Waals surface area (Å²) in [6.45, 7) is 0. The van der Waals surface area contributed by atoms with E-state index < -0.39 is 58.7 Å². The van der Waals surface area contributed by atoms with Crippen molar-refractivity contribution in [3.63, 3.8) is 0 Å². The number of nitrogens with one attached hydrogen (secondary N) is 1. The summed E-state index contributed by atoms with van der Waals surface area (Å²) in [4.78, 5) is -1.89. The standard InChI is InChI=1S/C14H9Cl2N5O8S2/c15-6-1-8(13(22)10(3-6)30(24,25)26)18-20-12(5-17)21-19-9-2-7(16)4-11(14(9)23)31(27,28)29/h1-4,18,22-23H,(H,24,25,26)(H,27,28,29)/b20-12+,21-19?. The number of hydrogen-bond donors (Lipinski definition) is 5. The molecule has 2 aromatic carbocycles. The summed E-state index contributed by atoms with van der Waals surface area (Å²) in [6, 6.07) is 4.97. The van der Waals surface area contributed by atoms with Crippen molar-refractivity contribution in [2.24, 2.45) is 15.3 Å². The normalized spacial score (nSPS) is 12.7. The lowest BCUT2D eigenvalue weighted by Gasteiger charge is -2.08. The van der Waals surface area contributed by atoms with Gasteiger partial charge in [0.2, 0.25) is 0 Å². The molecule has 0 bridgehead atoms. The van der Waals surface area contributed by atoms with Gasteiger partial charge in [0.05, 0.1) is 0 Å². The number of rotatable bonds is 5. The molecule has 2 rings (SSSR count). The number of phenols is 2. The highest BCUT2D eigenvalue weighted by molar-refractivity contribution is 7.86. The Kier molecular flexibility index (Phi) is 7.06. The molecule has 17 heteroatoms. The summed E-state index contributed by atoms with van der Waals surface area (Å²) >= 11 is 11.4. The highest BCUT2D eigenvalue weighted by Crippen LogP contribution is 2.37. The van der Waals surface area contributed by atoms with Crippen LogP contribution in [0.4, 0.5) is 11.4 Å². The van der Waals surface area contributed by atoms with Crippen LogP contribution in [0, 0.1) is 11.3 Å². The first-order chi connectivity index (χ1) is 14.2. The number of benzene rings is 2. The minimum atomic E-state index is -4.85. The van der Waals surface area contributed by atoms with Crippen molar-refractivity contribution in [2.75, 3.05) is 5.43 Å². The molecule has 164 valence electrons. The zero-order valence-corrected chi connectivity index (χ0v) is 17.7. The first-order valence-electron chi connectivity index (χ1n) is 7.39. The van der Waals surface area contributed by atoms with E-state index in [0.29, 0.717) is 0 Å². The van der Waals surface area contributed by atoms with Gasteiger partial charge < -0.3 is 10.2 Å². The number of hydrogen-bond acceptors (Lipinski definition) is 10. The zero-order valence-electron chi connectivity index (χ0n) is 14.6. The largest absolute Gasteiger partial charge is 0.504 e. The second-order valence-electron chi connectivity index (χ2n) is 5.38. The Morgan fingerprint density at radius 2 is 1.45 bits per heavy atom. The van der Waals surface area contributed by atoms with Gasteiger partial charge in [0.25, 0.3) is 26.1 Å². The van der Waals surface area contributed by atoms with Crippen LogP contribution in [0.25, 0.3) is 0 Å². The van der Waals surface area contributed by atoms with Crippen LogP contribution in [-0.4, -0.2) is 42.0 Å². The number of phenolic OH excluding ortho intramolecular Hbond substituents is 2. The molecular formula is C14H9Cl2N5O8S2. The van der Waals surface area contributed by atoms with Crippen LogP contribution in [0.3, 0.4) is 0 Å². The van der Waals surface area contributed by atoms with Crippen LogP contribution in [0.5, 0.6) is 11.5 Å². The van der Waals surface area contributed by atoms with Crippen LogP contribution in [0.2, 0.25) is 10.0 Å². The summed E-state index contributed by atoms with van der Waals surface area (Å²) in [6.07, 6.45) is 0. The number of nitrogens with zero attached hydrogens (tertiary/aromatic N) is 4. The van der Waals surface area contributed by atoms with E-state index in [0.717, 1.165) is 24.3 Å². The van der Waals surface area contributed by atoms with Gasteiger partial charge >= 0.3 is 0 Å². The molecule has 0 spiro atoms. The number of nitriles is 1. The van der Waals surface area contributed by atoms with Crippen molar-refractivity contribution in [3.8, 4) is 17.6 Å². The molecule has 0 aromatic heterocycles. The molecule has 0 radical (unpaired) electrons. The van der Waals surface area contributed by atoms with Gasteiger partial charge in [0.15, 0.2) is 11.5 Å².